The highest BCUT2D eigenvalue weighted by Crippen LogP contribution is 2.34. The Balaban J connectivity index is 1.91. The minimum Gasteiger partial charge on any atom is -0.383 e. The van der Waals surface area contributed by atoms with E-state index in [-0.39, 0.29) is 77.3 Å². The number of methoxy groups -OCH3 is 3. The number of rotatable bonds is 33. The highest BCUT2D eigenvalue weighted by molar-refractivity contribution is 8.00. The molecule has 0 bridgehead atoms. The van der Waals surface area contributed by atoms with E-state index in [1.165, 1.54) is 47.9 Å². The van der Waals surface area contributed by atoms with Crippen molar-refractivity contribution in [3.63, 3.8) is 0 Å². The second-order valence-electron chi connectivity index (χ2n) is 15.2. The minimum atomic E-state index is -1.01. The van der Waals surface area contributed by atoms with Gasteiger partial charge in [-0.05, 0) is 51.5 Å². The molecule has 0 spiro atoms. The van der Waals surface area contributed by atoms with Crippen molar-refractivity contribution in [1.82, 2.24) is 40.9 Å². The van der Waals surface area contributed by atoms with Gasteiger partial charge in [0.1, 0.15) is 6.04 Å². The maximum Gasteiger partial charge on any atom is 0.242 e. The van der Waals surface area contributed by atoms with Crippen molar-refractivity contribution in [2.75, 3.05) is 112 Å². The van der Waals surface area contributed by atoms with Crippen LogP contribution in [0.1, 0.15) is 64.7 Å². The lowest BCUT2D eigenvalue weighted by Crippen LogP contribution is -2.53. The normalized spacial score (nSPS) is 17.1. The van der Waals surface area contributed by atoms with Crippen molar-refractivity contribution in [1.29, 1.82) is 0 Å². The van der Waals surface area contributed by atoms with Crippen LogP contribution >= 0.6 is 11.8 Å². The van der Waals surface area contributed by atoms with Crippen LogP contribution in [-0.2, 0) is 47.8 Å². The summed E-state index contributed by atoms with van der Waals surface area (Å²) in [5.41, 5.74) is 11.3. The number of hydrogen-bond donors (Lipinski definition) is 6. The molecule has 2 rings (SSSR count). The Labute approximate surface area is 365 Å². The highest BCUT2D eigenvalue weighted by Gasteiger charge is 2.40. The van der Waals surface area contributed by atoms with E-state index in [0.29, 0.717) is 62.5 Å². The molecule has 0 aliphatic carbocycles. The zero-order valence-corrected chi connectivity index (χ0v) is 37.5. The van der Waals surface area contributed by atoms with Gasteiger partial charge >= 0.3 is 0 Å². The fourth-order valence-corrected chi connectivity index (χ4v) is 8.48. The number of unbranched alkanes of at least 4 members (excludes halogenated alkanes) is 3. The Morgan fingerprint density at radius 1 is 0.754 bits per heavy atom. The summed E-state index contributed by atoms with van der Waals surface area (Å²) in [4.78, 5) is 96.1. The van der Waals surface area contributed by atoms with Crippen LogP contribution < -0.4 is 32.7 Å². The molecule has 0 radical (unpaired) electrons. The monoisotopic (exact) mass is 885 g/mol. The summed E-state index contributed by atoms with van der Waals surface area (Å²) >= 11 is 1.95. The molecule has 0 aromatic heterocycles. The number of thioether (sulfide) groups is 1. The van der Waals surface area contributed by atoms with Crippen LogP contribution in [0.5, 0.6) is 0 Å². The predicted octanol–water partition coefficient (Wildman–Crippen LogP) is -1.67. The van der Waals surface area contributed by atoms with Gasteiger partial charge in [-0.3, -0.25) is 33.6 Å². The van der Waals surface area contributed by atoms with Gasteiger partial charge in [0.25, 0.3) is 0 Å². The van der Waals surface area contributed by atoms with Crippen molar-refractivity contribution in [2.24, 2.45) is 11.5 Å². The summed E-state index contributed by atoms with van der Waals surface area (Å²) in [5, 5.41) is 12.8. The van der Waals surface area contributed by atoms with E-state index >= 15 is 0 Å². The van der Waals surface area contributed by atoms with E-state index in [2.05, 4.69) is 27.8 Å². The first-order valence-electron chi connectivity index (χ1n) is 21.2. The lowest BCUT2D eigenvalue weighted by atomic mass is 10.0. The maximum absolute atomic E-state index is 13.7. The molecular weight excluding hydrogens is 813 g/mol. The molecule has 0 aromatic carbocycles. The van der Waals surface area contributed by atoms with Gasteiger partial charge in [0.05, 0.1) is 63.9 Å². The van der Waals surface area contributed by atoms with E-state index < -0.39 is 48.7 Å². The van der Waals surface area contributed by atoms with Crippen LogP contribution in [-0.4, -0.2) is 197 Å². The smallest absolute Gasteiger partial charge is 0.242 e. The highest BCUT2D eigenvalue weighted by atomic mass is 32.2. The van der Waals surface area contributed by atoms with Crippen molar-refractivity contribution >= 4 is 53.1 Å². The molecule has 4 atom stereocenters. The van der Waals surface area contributed by atoms with Crippen molar-refractivity contribution in [3.05, 3.63) is 12.4 Å². The van der Waals surface area contributed by atoms with Gasteiger partial charge in [0.15, 0.2) is 0 Å². The lowest BCUT2D eigenvalue weighted by molar-refractivity contribution is -0.147. The Morgan fingerprint density at radius 2 is 1.33 bits per heavy atom. The number of hydrogen-bond acceptors (Lipinski definition) is 14. The topological polar surface area (TPSA) is 260 Å². The first-order valence-corrected chi connectivity index (χ1v) is 22.2. The number of nitrogens with one attached hydrogen (secondary N) is 4. The first-order chi connectivity index (χ1) is 29.2. The molecule has 0 aromatic rings. The molecular formula is C40H72N10O10S. The second kappa shape index (κ2) is 30.0. The summed E-state index contributed by atoms with van der Waals surface area (Å²) in [6.07, 6.45) is 5.63. The third-order valence-corrected chi connectivity index (χ3v) is 12.0. The van der Waals surface area contributed by atoms with E-state index in [1.807, 2.05) is 11.8 Å². The Bertz CT molecular complexity index is 1430. The average molecular weight is 885 g/mol. The molecule has 348 valence electrons. The second-order valence-corrected chi connectivity index (χ2v) is 16.5. The summed E-state index contributed by atoms with van der Waals surface area (Å²) in [5.74, 6) is -1.35. The SMILES string of the molecule is C=C1N[C@H]2CSC(CCCCC(=O)NCCCC[C@H](NC(=O)CN(CCOC)C(=O)CN(CCOC)C(=O)CN(CCCCN)C(=O)CN(CCOC)C(C)=O)C(N)=O)[C@H]2N1. The Morgan fingerprint density at radius 3 is 1.90 bits per heavy atom. The molecule has 1 unspecified atom stereocenters. The third kappa shape index (κ3) is 20.5. The molecule has 2 aliphatic rings. The zero-order valence-electron chi connectivity index (χ0n) is 36.7. The molecule has 8 N–H and O–H groups in total. The number of nitrogens with zero attached hydrogens (tertiary/aromatic N) is 4. The summed E-state index contributed by atoms with van der Waals surface area (Å²) < 4.78 is 15.4. The van der Waals surface area contributed by atoms with Gasteiger partial charge in [-0.25, -0.2) is 0 Å². The third-order valence-electron chi connectivity index (χ3n) is 10.5. The number of fused-ring (bicyclic) bond motifs is 1. The van der Waals surface area contributed by atoms with Gasteiger partial charge in [-0.15, -0.1) is 0 Å². The largest absolute Gasteiger partial charge is 0.383 e. The molecule has 2 aliphatic heterocycles. The standard InChI is InChI=1S/C40H72N10O10S/c1-29-44-32-28-61-33(39(32)45-29)13-6-7-14-34(52)43-16-10-8-12-31(40(42)57)46-35(53)24-49(19-22-59-4)37(55)27-50(20-23-60-5)38(56)26-48(17-11-9-15-41)36(54)25-47(30(2)51)18-21-58-3/h31-33,39,44-45H,1,6-28,41H2,2-5H3,(H2,42,57)(H,43,52)(H,46,53)/t31-,32-,33?,39-/m0/s1. The molecule has 61 heavy (non-hydrogen) atoms. The van der Waals surface area contributed by atoms with Crippen molar-refractivity contribution in [2.45, 2.75) is 88.1 Å². The fraction of sp³-hybridized carbons (Fsp3) is 0.775. The Kier molecular flexibility index (Phi) is 26.0. The molecule has 20 nitrogen and oxygen atoms in total. The summed E-state index contributed by atoms with van der Waals surface area (Å²) in [6, 6.07) is -0.192. The summed E-state index contributed by atoms with van der Waals surface area (Å²) in [6.45, 7) is 5.42. The lowest BCUT2D eigenvalue weighted by Gasteiger charge is -2.31. The van der Waals surface area contributed by atoms with E-state index in [1.54, 1.807) is 0 Å². The number of amides is 7. The number of primary amides is 1. The molecule has 0 saturated carbocycles. The predicted molar refractivity (Wildman–Crippen MR) is 232 cm³/mol. The maximum atomic E-state index is 13.7. The van der Waals surface area contributed by atoms with Gasteiger partial charge in [-0.1, -0.05) is 13.0 Å². The first kappa shape index (κ1) is 53.0. The zero-order chi connectivity index (χ0) is 45.2. The number of ether oxygens (including phenoxy) is 3. The van der Waals surface area contributed by atoms with Gasteiger partial charge < -0.3 is 66.5 Å². The summed E-state index contributed by atoms with van der Waals surface area (Å²) in [7, 11) is 4.37. The molecule has 7 amide bonds. The van der Waals surface area contributed by atoms with Crippen LogP contribution in [0.3, 0.4) is 0 Å². The van der Waals surface area contributed by atoms with E-state index in [9.17, 15) is 33.6 Å². The quantitative estimate of drug-likeness (QED) is 0.0403. The van der Waals surface area contributed by atoms with Crippen LogP contribution in [0.2, 0.25) is 0 Å². The Hall–Kier alpha value is -4.18. The van der Waals surface area contributed by atoms with Crippen LogP contribution in [0, 0.1) is 0 Å². The van der Waals surface area contributed by atoms with Crippen LogP contribution in [0.4, 0.5) is 0 Å². The van der Waals surface area contributed by atoms with Crippen molar-refractivity contribution < 1.29 is 47.8 Å². The van der Waals surface area contributed by atoms with Crippen LogP contribution in [0.25, 0.3) is 0 Å². The van der Waals surface area contributed by atoms with E-state index in [0.717, 1.165) is 30.8 Å². The molecule has 2 saturated heterocycles. The minimum absolute atomic E-state index is 0.00736. The molecule has 2 fully saturated rings. The van der Waals surface area contributed by atoms with Gasteiger partial charge in [-0.2, -0.15) is 11.8 Å². The molecule has 21 heteroatoms. The molecule has 2 heterocycles. The van der Waals surface area contributed by atoms with Crippen molar-refractivity contribution in [3.8, 4) is 0 Å². The van der Waals surface area contributed by atoms with Crippen LogP contribution in [0.15, 0.2) is 12.4 Å². The van der Waals surface area contributed by atoms with E-state index in [4.69, 9.17) is 25.7 Å². The van der Waals surface area contributed by atoms with Gasteiger partial charge in [0, 0.05) is 78.4 Å². The average Bonchev–Trinajstić information content (AvgIpc) is 3.78. The number of nitrogens with two attached hydrogens (primary N) is 2. The fourth-order valence-electron chi connectivity index (χ4n) is 6.93. The number of carbonyl (C=O) groups excluding carboxylic acids is 7. The number of carbonyl (C=O) groups is 7. The van der Waals surface area contributed by atoms with Gasteiger partial charge in [0.2, 0.25) is 41.4 Å².